The third kappa shape index (κ3) is 2.83. The lowest BCUT2D eigenvalue weighted by molar-refractivity contribution is 0.619. The number of nitrogens with one attached hydrogen (secondary N) is 2. The minimum Gasteiger partial charge on any atom is -0.362 e. The summed E-state index contributed by atoms with van der Waals surface area (Å²) in [7, 11) is 0. The van der Waals surface area contributed by atoms with Gasteiger partial charge < -0.3 is 10.6 Å². The summed E-state index contributed by atoms with van der Waals surface area (Å²) >= 11 is 1.81. The molecule has 3 rings (SSSR count). The van der Waals surface area contributed by atoms with Gasteiger partial charge in [-0.15, -0.1) is 11.3 Å². The maximum atomic E-state index is 4.48. The van der Waals surface area contributed by atoms with Crippen molar-refractivity contribution in [1.29, 1.82) is 0 Å². The molecule has 2 aromatic rings. The predicted molar refractivity (Wildman–Crippen MR) is 83.0 cm³/mol. The van der Waals surface area contributed by atoms with E-state index in [9.17, 15) is 0 Å². The van der Waals surface area contributed by atoms with Gasteiger partial charge in [-0.1, -0.05) is 19.4 Å². The highest BCUT2D eigenvalue weighted by atomic mass is 32.1. The van der Waals surface area contributed by atoms with E-state index in [1.165, 1.54) is 10.4 Å². The zero-order valence-electron chi connectivity index (χ0n) is 11.7. The normalized spacial score (nSPS) is 15.7. The van der Waals surface area contributed by atoms with Crippen LogP contribution in [0.4, 0.5) is 5.82 Å². The Labute approximate surface area is 123 Å². The number of thiophene rings is 1. The van der Waals surface area contributed by atoms with E-state index in [2.05, 4.69) is 45.0 Å². The van der Waals surface area contributed by atoms with Crippen molar-refractivity contribution in [3.63, 3.8) is 0 Å². The lowest BCUT2D eigenvalue weighted by Crippen LogP contribution is -2.26. The molecule has 0 amide bonds. The van der Waals surface area contributed by atoms with Crippen molar-refractivity contribution < 1.29 is 0 Å². The van der Waals surface area contributed by atoms with Crippen molar-refractivity contribution in [2.75, 3.05) is 11.9 Å². The van der Waals surface area contributed by atoms with Crippen LogP contribution in [0.25, 0.3) is 0 Å². The molecule has 0 aromatic carbocycles. The zero-order valence-corrected chi connectivity index (χ0v) is 12.5. The van der Waals surface area contributed by atoms with Gasteiger partial charge in [0.05, 0.1) is 11.7 Å². The third-order valence-electron chi connectivity index (χ3n) is 3.65. The second-order valence-electron chi connectivity index (χ2n) is 5.08. The number of aromatic nitrogens is 2. The molecule has 0 spiro atoms. The minimum atomic E-state index is 0.355. The third-order valence-corrected chi connectivity index (χ3v) is 4.64. The fourth-order valence-corrected chi connectivity index (χ4v) is 3.45. The SMILES string of the molecule is CCCC(Nc1ncnc2c1CCNC2)c1cccs1. The van der Waals surface area contributed by atoms with Crippen molar-refractivity contribution in [1.82, 2.24) is 15.3 Å². The van der Waals surface area contributed by atoms with Gasteiger partial charge in [-0.3, -0.25) is 0 Å². The van der Waals surface area contributed by atoms with Gasteiger partial charge in [0.1, 0.15) is 12.1 Å². The van der Waals surface area contributed by atoms with Crippen molar-refractivity contribution in [2.24, 2.45) is 0 Å². The lowest BCUT2D eigenvalue weighted by atomic mass is 10.1. The molecule has 0 bridgehead atoms. The summed E-state index contributed by atoms with van der Waals surface area (Å²) in [6.45, 7) is 4.08. The molecule has 1 aliphatic heterocycles. The molecule has 2 N–H and O–H groups in total. The Balaban J connectivity index is 1.85. The van der Waals surface area contributed by atoms with Crippen LogP contribution in [0.2, 0.25) is 0 Å². The first-order valence-electron chi connectivity index (χ1n) is 7.22. The number of nitrogens with zero attached hydrogens (tertiary/aromatic N) is 2. The number of hydrogen-bond acceptors (Lipinski definition) is 5. The first-order chi connectivity index (χ1) is 9.88. The summed E-state index contributed by atoms with van der Waals surface area (Å²) in [5.41, 5.74) is 2.42. The fourth-order valence-electron chi connectivity index (χ4n) is 2.64. The summed E-state index contributed by atoms with van der Waals surface area (Å²) in [4.78, 5) is 10.2. The number of anilines is 1. The van der Waals surface area contributed by atoms with Crippen LogP contribution in [0.5, 0.6) is 0 Å². The van der Waals surface area contributed by atoms with Crippen LogP contribution in [0.15, 0.2) is 23.8 Å². The first kappa shape index (κ1) is 13.5. The van der Waals surface area contributed by atoms with E-state index in [0.717, 1.165) is 43.9 Å². The molecule has 0 aliphatic carbocycles. The standard InChI is InChI=1S/C15H20N4S/c1-2-4-12(14-5-3-8-20-14)19-15-11-6-7-16-9-13(11)17-10-18-15/h3,5,8,10,12,16H,2,4,6-7,9H2,1H3,(H,17,18,19). The molecule has 2 aromatic heterocycles. The van der Waals surface area contributed by atoms with Gasteiger partial charge >= 0.3 is 0 Å². The monoisotopic (exact) mass is 288 g/mol. The van der Waals surface area contributed by atoms with Crippen molar-refractivity contribution in [3.05, 3.63) is 40.0 Å². The van der Waals surface area contributed by atoms with Gasteiger partial charge in [0.15, 0.2) is 0 Å². The van der Waals surface area contributed by atoms with Crippen molar-refractivity contribution >= 4 is 17.2 Å². The van der Waals surface area contributed by atoms with E-state index in [0.29, 0.717) is 6.04 Å². The molecule has 5 heteroatoms. The van der Waals surface area contributed by atoms with Crippen LogP contribution in [0, 0.1) is 0 Å². The molecule has 0 saturated carbocycles. The van der Waals surface area contributed by atoms with E-state index in [1.807, 2.05) is 11.3 Å². The minimum absolute atomic E-state index is 0.355. The number of rotatable bonds is 5. The van der Waals surface area contributed by atoms with Crippen molar-refractivity contribution in [2.45, 2.75) is 38.8 Å². The van der Waals surface area contributed by atoms with Crippen LogP contribution in [-0.4, -0.2) is 16.5 Å². The fraction of sp³-hybridized carbons (Fsp3) is 0.467. The topological polar surface area (TPSA) is 49.8 Å². The average Bonchev–Trinajstić information content (AvgIpc) is 3.01. The number of fused-ring (bicyclic) bond motifs is 1. The van der Waals surface area contributed by atoms with E-state index >= 15 is 0 Å². The molecule has 0 radical (unpaired) electrons. The van der Waals surface area contributed by atoms with E-state index in [-0.39, 0.29) is 0 Å². The Bertz CT molecular complexity index is 553. The Morgan fingerprint density at radius 1 is 1.45 bits per heavy atom. The molecule has 0 saturated heterocycles. The second-order valence-corrected chi connectivity index (χ2v) is 6.05. The summed E-state index contributed by atoms with van der Waals surface area (Å²) in [6.07, 6.45) is 4.95. The highest BCUT2D eigenvalue weighted by molar-refractivity contribution is 7.10. The van der Waals surface area contributed by atoms with Crippen LogP contribution >= 0.6 is 11.3 Å². The first-order valence-corrected chi connectivity index (χ1v) is 8.10. The van der Waals surface area contributed by atoms with Gasteiger partial charge in [0.2, 0.25) is 0 Å². The molecule has 20 heavy (non-hydrogen) atoms. The van der Waals surface area contributed by atoms with E-state index in [1.54, 1.807) is 6.33 Å². The van der Waals surface area contributed by atoms with E-state index in [4.69, 9.17) is 0 Å². The summed E-state index contributed by atoms with van der Waals surface area (Å²) in [6, 6.07) is 4.67. The molecule has 1 atom stereocenters. The number of hydrogen-bond donors (Lipinski definition) is 2. The van der Waals surface area contributed by atoms with Crippen molar-refractivity contribution in [3.8, 4) is 0 Å². The van der Waals surface area contributed by atoms with Gasteiger partial charge in [-0.25, -0.2) is 9.97 Å². The van der Waals surface area contributed by atoms with Gasteiger partial charge in [-0.2, -0.15) is 0 Å². The molecule has 0 fully saturated rings. The van der Waals surface area contributed by atoms with Gasteiger partial charge in [0, 0.05) is 17.0 Å². The maximum Gasteiger partial charge on any atom is 0.133 e. The molecular weight excluding hydrogens is 268 g/mol. The zero-order chi connectivity index (χ0) is 13.8. The van der Waals surface area contributed by atoms with E-state index < -0.39 is 0 Å². The Morgan fingerprint density at radius 3 is 3.20 bits per heavy atom. The quantitative estimate of drug-likeness (QED) is 0.887. The molecule has 106 valence electrons. The van der Waals surface area contributed by atoms with Crippen LogP contribution in [-0.2, 0) is 13.0 Å². The highest BCUT2D eigenvalue weighted by Crippen LogP contribution is 2.29. The maximum absolute atomic E-state index is 4.48. The smallest absolute Gasteiger partial charge is 0.133 e. The molecule has 1 unspecified atom stereocenters. The van der Waals surface area contributed by atoms with Crippen LogP contribution < -0.4 is 10.6 Å². The van der Waals surface area contributed by atoms with Crippen LogP contribution in [0.1, 0.15) is 41.9 Å². The molecular formula is C15H20N4S. The molecule has 1 aliphatic rings. The summed E-state index contributed by atoms with van der Waals surface area (Å²) in [5.74, 6) is 1.02. The van der Waals surface area contributed by atoms with Crippen LogP contribution in [0.3, 0.4) is 0 Å². The summed E-state index contributed by atoms with van der Waals surface area (Å²) in [5, 5.41) is 9.14. The van der Waals surface area contributed by atoms with Gasteiger partial charge in [0.25, 0.3) is 0 Å². The second kappa shape index (κ2) is 6.33. The highest BCUT2D eigenvalue weighted by Gasteiger charge is 2.18. The summed E-state index contributed by atoms with van der Waals surface area (Å²) < 4.78 is 0. The molecule has 4 nitrogen and oxygen atoms in total. The Kier molecular flexibility index (Phi) is 4.28. The average molecular weight is 288 g/mol. The lowest BCUT2D eigenvalue weighted by Gasteiger charge is -2.23. The predicted octanol–water partition coefficient (Wildman–Crippen LogP) is 3.14. The Hall–Kier alpha value is -1.46. The van der Waals surface area contributed by atoms with Gasteiger partial charge in [-0.05, 0) is 30.8 Å². The Morgan fingerprint density at radius 2 is 2.40 bits per heavy atom. The largest absolute Gasteiger partial charge is 0.362 e. The molecule has 3 heterocycles.